The summed E-state index contributed by atoms with van der Waals surface area (Å²) in [6.45, 7) is 6.42. The van der Waals surface area contributed by atoms with Crippen LogP contribution in [0.1, 0.15) is 49.5 Å². The van der Waals surface area contributed by atoms with Crippen molar-refractivity contribution in [1.82, 2.24) is 5.32 Å². The molecule has 4 nitrogen and oxygen atoms in total. The number of benzene rings is 1. The summed E-state index contributed by atoms with van der Waals surface area (Å²) in [5.74, 6) is -0.0638. The van der Waals surface area contributed by atoms with Crippen LogP contribution in [0.4, 0.5) is 4.39 Å². The molecule has 0 aliphatic heterocycles. The van der Waals surface area contributed by atoms with E-state index in [4.69, 9.17) is 4.74 Å². The number of hydrogen-bond donors (Lipinski definition) is 2. The largest absolute Gasteiger partial charge is 0.388 e. The van der Waals surface area contributed by atoms with Gasteiger partial charge in [-0.15, -0.1) is 0 Å². The van der Waals surface area contributed by atoms with Crippen LogP contribution in [0.5, 0.6) is 0 Å². The van der Waals surface area contributed by atoms with Crippen molar-refractivity contribution in [2.24, 2.45) is 11.8 Å². The zero-order chi connectivity index (χ0) is 17.0. The Bertz CT molecular complexity index is 553. The molecule has 1 aliphatic rings. The van der Waals surface area contributed by atoms with E-state index in [-0.39, 0.29) is 30.8 Å². The van der Waals surface area contributed by atoms with E-state index in [9.17, 15) is 14.3 Å². The number of carbonyl (C=O) groups is 1. The monoisotopic (exact) mass is 323 g/mol. The second-order valence-electron chi connectivity index (χ2n) is 6.96. The molecule has 1 aromatic rings. The van der Waals surface area contributed by atoms with Crippen LogP contribution in [-0.4, -0.2) is 29.8 Å². The van der Waals surface area contributed by atoms with Gasteiger partial charge in [0, 0.05) is 24.3 Å². The molecule has 0 heterocycles. The number of ether oxygens (including phenoxy) is 1. The third-order valence-corrected chi connectivity index (χ3v) is 4.47. The number of nitrogens with one attached hydrogen (secondary N) is 1. The van der Waals surface area contributed by atoms with Crippen LogP contribution in [0.3, 0.4) is 0 Å². The lowest BCUT2D eigenvalue weighted by molar-refractivity contribution is 0.0142. The summed E-state index contributed by atoms with van der Waals surface area (Å²) >= 11 is 0. The molecule has 1 aliphatic carbocycles. The van der Waals surface area contributed by atoms with Crippen LogP contribution in [0, 0.1) is 17.7 Å². The van der Waals surface area contributed by atoms with Crippen molar-refractivity contribution < 1.29 is 19.0 Å². The minimum atomic E-state index is -0.980. The van der Waals surface area contributed by atoms with E-state index in [0.29, 0.717) is 23.7 Å². The summed E-state index contributed by atoms with van der Waals surface area (Å²) in [6, 6.07) is 4.24. The number of rotatable bonds is 8. The van der Waals surface area contributed by atoms with Gasteiger partial charge < -0.3 is 15.2 Å². The molecule has 0 bridgehead atoms. The predicted octanol–water partition coefficient (Wildman–Crippen LogP) is 2.89. The SMILES string of the molecule is CC(C)C(C)(O)CNC(=O)c1ccc(F)c(COCC2CC2)c1. The van der Waals surface area contributed by atoms with Gasteiger partial charge in [0.05, 0.1) is 12.2 Å². The number of carbonyl (C=O) groups excluding carboxylic acids is 1. The Labute approximate surface area is 137 Å². The van der Waals surface area contributed by atoms with E-state index in [2.05, 4.69) is 5.32 Å². The summed E-state index contributed by atoms with van der Waals surface area (Å²) in [5.41, 5.74) is -0.226. The Morgan fingerprint density at radius 1 is 1.48 bits per heavy atom. The third-order valence-electron chi connectivity index (χ3n) is 4.47. The number of hydrogen-bond acceptors (Lipinski definition) is 3. The first-order valence-electron chi connectivity index (χ1n) is 8.16. The highest BCUT2D eigenvalue weighted by Gasteiger charge is 2.25. The summed E-state index contributed by atoms with van der Waals surface area (Å²) in [5, 5.41) is 12.9. The van der Waals surface area contributed by atoms with Crippen molar-refractivity contribution in [1.29, 1.82) is 0 Å². The van der Waals surface area contributed by atoms with Crippen molar-refractivity contribution in [2.45, 2.75) is 45.8 Å². The van der Waals surface area contributed by atoms with Gasteiger partial charge in [0.1, 0.15) is 5.82 Å². The van der Waals surface area contributed by atoms with Crippen molar-refractivity contribution in [2.75, 3.05) is 13.2 Å². The number of aliphatic hydroxyl groups is 1. The van der Waals surface area contributed by atoms with Crippen molar-refractivity contribution in [3.63, 3.8) is 0 Å². The highest BCUT2D eigenvalue weighted by atomic mass is 19.1. The molecule has 128 valence electrons. The maximum Gasteiger partial charge on any atom is 0.251 e. The molecule has 0 aromatic heterocycles. The van der Waals surface area contributed by atoms with Gasteiger partial charge in [-0.25, -0.2) is 4.39 Å². The van der Waals surface area contributed by atoms with Crippen LogP contribution in [-0.2, 0) is 11.3 Å². The molecule has 0 saturated heterocycles. The van der Waals surface area contributed by atoms with Crippen LogP contribution in [0.2, 0.25) is 0 Å². The molecule has 0 radical (unpaired) electrons. The Balaban J connectivity index is 1.93. The Morgan fingerprint density at radius 2 is 2.17 bits per heavy atom. The average Bonchev–Trinajstić information content (AvgIpc) is 3.31. The molecule has 1 fully saturated rings. The van der Waals surface area contributed by atoms with E-state index in [0.717, 1.165) is 0 Å². The fourth-order valence-electron chi connectivity index (χ4n) is 2.01. The standard InChI is InChI=1S/C18H26FNO3/c1-12(2)18(3,22)11-20-17(21)14-6-7-16(19)15(8-14)10-23-9-13-4-5-13/h6-8,12-13,22H,4-5,9-11H2,1-3H3,(H,20,21). The molecule has 23 heavy (non-hydrogen) atoms. The molecule has 2 rings (SSSR count). The molecule has 1 aromatic carbocycles. The summed E-state index contributed by atoms with van der Waals surface area (Å²) < 4.78 is 19.3. The van der Waals surface area contributed by atoms with Crippen molar-refractivity contribution in [3.05, 3.63) is 35.1 Å². The number of halogens is 1. The lowest BCUT2D eigenvalue weighted by Crippen LogP contribution is -2.44. The van der Waals surface area contributed by atoms with Crippen LogP contribution < -0.4 is 5.32 Å². The summed E-state index contributed by atoms with van der Waals surface area (Å²) in [6.07, 6.45) is 2.36. The third kappa shape index (κ3) is 5.29. The van der Waals surface area contributed by atoms with Crippen molar-refractivity contribution in [3.8, 4) is 0 Å². The normalized spacial score (nSPS) is 17.1. The first-order chi connectivity index (χ1) is 10.8. The van der Waals surface area contributed by atoms with Gasteiger partial charge in [0.15, 0.2) is 0 Å². The quantitative estimate of drug-likeness (QED) is 0.773. The second kappa shape index (κ2) is 7.41. The molecule has 1 amide bonds. The van der Waals surface area contributed by atoms with Gasteiger partial charge >= 0.3 is 0 Å². The number of amides is 1. The molecule has 1 atom stereocenters. The molecular weight excluding hydrogens is 297 g/mol. The van der Waals surface area contributed by atoms with Crippen LogP contribution >= 0.6 is 0 Å². The fraction of sp³-hybridized carbons (Fsp3) is 0.611. The van der Waals surface area contributed by atoms with Gasteiger partial charge in [-0.3, -0.25) is 4.79 Å². The maximum atomic E-state index is 13.8. The Hall–Kier alpha value is -1.46. The van der Waals surface area contributed by atoms with Crippen LogP contribution in [0.25, 0.3) is 0 Å². The first kappa shape index (κ1) is 17.9. The summed E-state index contributed by atoms with van der Waals surface area (Å²) in [7, 11) is 0. The Morgan fingerprint density at radius 3 is 2.78 bits per heavy atom. The molecule has 1 saturated carbocycles. The zero-order valence-corrected chi connectivity index (χ0v) is 14.1. The van der Waals surface area contributed by atoms with Gasteiger partial charge in [0.25, 0.3) is 5.91 Å². The maximum absolute atomic E-state index is 13.8. The van der Waals surface area contributed by atoms with Gasteiger partial charge in [-0.2, -0.15) is 0 Å². The molecule has 2 N–H and O–H groups in total. The second-order valence-corrected chi connectivity index (χ2v) is 6.96. The van der Waals surface area contributed by atoms with Crippen molar-refractivity contribution >= 4 is 5.91 Å². The molecule has 0 spiro atoms. The van der Waals surface area contributed by atoms with E-state index in [1.165, 1.54) is 31.0 Å². The minimum Gasteiger partial charge on any atom is -0.388 e. The fourth-order valence-corrected chi connectivity index (χ4v) is 2.01. The highest BCUT2D eigenvalue weighted by Crippen LogP contribution is 2.29. The molecular formula is C18H26FNO3. The van der Waals surface area contributed by atoms with E-state index in [1.54, 1.807) is 6.92 Å². The van der Waals surface area contributed by atoms with E-state index in [1.807, 2.05) is 13.8 Å². The topological polar surface area (TPSA) is 58.6 Å². The van der Waals surface area contributed by atoms with E-state index < -0.39 is 5.60 Å². The molecule has 5 heteroatoms. The summed E-state index contributed by atoms with van der Waals surface area (Å²) in [4.78, 5) is 12.2. The highest BCUT2D eigenvalue weighted by molar-refractivity contribution is 5.94. The lowest BCUT2D eigenvalue weighted by atomic mass is 9.92. The van der Waals surface area contributed by atoms with Gasteiger partial charge in [-0.1, -0.05) is 13.8 Å². The van der Waals surface area contributed by atoms with Gasteiger partial charge in [0.2, 0.25) is 0 Å². The van der Waals surface area contributed by atoms with E-state index >= 15 is 0 Å². The molecule has 1 unspecified atom stereocenters. The van der Waals surface area contributed by atoms with Crippen LogP contribution in [0.15, 0.2) is 18.2 Å². The zero-order valence-electron chi connectivity index (χ0n) is 14.1. The average molecular weight is 323 g/mol. The first-order valence-corrected chi connectivity index (χ1v) is 8.16. The lowest BCUT2D eigenvalue weighted by Gasteiger charge is -2.27. The minimum absolute atomic E-state index is 0.0161. The van der Waals surface area contributed by atoms with Gasteiger partial charge in [-0.05, 0) is 49.8 Å². The Kier molecular flexibility index (Phi) is 5.76. The smallest absolute Gasteiger partial charge is 0.251 e. The predicted molar refractivity (Wildman–Crippen MR) is 86.6 cm³/mol.